The number of halogens is 1. The second-order valence-electron chi connectivity index (χ2n) is 7.84. The van der Waals surface area contributed by atoms with Crippen LogP contribution in [-0.4, -0.2) is 41.8 Å². The van der Waals surface area contributed by atoms with Gasteiger partial charge in [0.25, 0.3) is 0 Å². The first-order valence-corrected chi connectivity index (χ1v) is 10.6. The number of aromatic nitrogens is 1. The van der Waals surface area contributed by atoms with Gasteiger partial charge in [-0.25, -0.2) is 9.78 Å². The van der Waals surface area contributed by atoms with Crippen LogP contribution in [0.4, 0.5) is 4.79 Å². The number of thiophene rings is 1. The minimum atomic E-state index is -0.510. The highest BCUT2D eigenvalue weighted by Crippen LogP contribution is 2.34. The molecule has 1 amide bonds. The molecule has 3 rings (SSSR count). The number of amides is 1. The number of nitrogens with zero attached hydrogens (tertiary/aromatic N) is 2. The molecule has 0 aliphatic heterocycles. The SMILES string of the molecule is Cc1cc2nc(-c3ccc(OCCN(C)C(=O)OC(C)(C)C)cc3)cc(Cl)c2s1. The van der Waals surface area contributed by atoms with E-state index in [4.69, 9.17) is 26.1 Å². The predicted molar refractivity (Wildman–Crippen MR) is 119 cm³/mol. The molecule has 0 atom stereocenters. The van der Waals surface area contributed by atoms with Gasteiger partial charge in [-0.1, -0.05) is 11.6 Å². The minimum Gasteiger partial charge on any atom is -0.492 e. The zero-order chi connectivity index (χ0) is 21.2. The molecule has 7 heteroatoms. The van der Waals surface area contributed by atoms with E-state index < -0.39 is 5.60 Å². The Morgan fingerprint density at radius 2 is 1.90 bits per heavy atom. The normalized spacial score (nSPS) is 11.5. The molecule has 5 nitrogen and oxygen atoms in total. The first-order valence-electron chi connectivity index (χ1n) is 9.36. The number of carbonyl (C=O) groups excluding carboxylic acids is 1. The van der Waals surface area contributed by atoms with Crippen molar-refractivity contribution in [3.8, 4) is 17.0 Å². The average molecular weight is 433 g/mol. The van der Waals surface area contributed by atoms with Crippen LogP contribution >= 0.6 is 22.9 Å². The second kappa shape index (κ2) is 8.59. The van der Waals surface area contributed by atoms with Crippen LogP contribution in [0.2, 0.25) is 5.02 Å². The average Bonchev–Trinajstić information content (AvgIpc) is 3.01. The van der Waals surface area contributed by atoms with E-state index in [9.17, 15) is 4.79 Å². The summed E-state index contributed by atoms with van der Waals surface area (Å²) in [4.78, 5) is 19.4. The van der Waals surface area contributed by atoms with Gasteiger partial charge in [-0.15, -0.1) is 11.3 Å². The van der Waals surface area contributed by atoms with E-state index in [-0.39, 0.29) is 6.09 Å². The van der Waals surface area contributed by atoms with E-state index in [1.165, 1.54) is 9.78 Å². The van der Waals surface area contributed by atoms with Crippen molar-refractivity contribution < 1.29 is 14.3 Å². The third kappa shape index (κ3) is 5.61. The zero-order valence-corrected chi connectivity index (χ0v) is 18.9. The summed E-state index contributed by atoms with van der Waals surface area (Å²) in [5.41, 5.74) is 2.21. The van der Waals surface area contributed by atoms with Gasteiger partial charge < -0.3 is 14.4 Å². The molecule has 0 bridgehead atoms. The highest BCUT2D eigenvalue weighted by atomic mass is 35.5. The van der Waals surface area contributed by atoms with Crippen molar-refractivity contribution in [2.75, 3.05) is 20.2 Å². The molecule has 3 aromatic rings. The third-order valence-corrected chi connectivity index (χ3v) is 5.59. The van der Waals surface area contributed by atoms with Gasteiger partial charge in [0.15, 0.2) is 0 Å². The number of aryl methyl sites for hydroxylation is 1. The maximum Gasteiger partial charge on any atom is 0.410 e. The lowest BCUT2D eigenvalue weighted by atomic mass is 10.1. The monoisotopic (exact) mass is 432 g/mol. The van der Waals surface area contributed by atoms with Crippen molar-refractivity contribution in [2.45, 2.75) is 33.3 Å². The van der Waals surface area contributed by atoms with Crippen LogP contribution in [0.25, 0.3) is 21.5 Å². The summed E-state index contributed by atoms with van der Waals surface area (Å²) < 4.78 is 12.1. The second-order valence-corrected chi connectivity index (χ2v) is 9.50. The van der Waals surface area contributed by atoms with E-state index >= 15 is 0 Å². The molecule has 2 aromatic heterocycles. The highest BCUT2D eigenvalue weighted by Gasteiger charge is 2.19. The molecule has 1 aromatic carbocycles. The topological polar surface area (TPSA) is 51.7 Å². The van der Waals surface area contributed by atoms with Crippen molar-refractivity contribution in [3.63, 3.8) is 0 Å². The lowest BCUT2D eigenvalue weighted by Crippen LogP contribution is -2.36. The maximum atomic E-state index is 12.0. The first-order chi connectivity index (χ1) is 13.6. The Labute approximate surface area is 180 Å². The number of benzene rings is 1. The van der Waals surface area contributed by atoms with E-state index in [1.54, 1.807) is 18.4 Å². The van der Waals surface area contributed by atoms with E-state index in [0.717, 1.165) is 27.2 Å². The molecule has 29 heavy (non-hydrogen) atoms. The van der Waals surface area contributed by atoms with E-state index in [1.807, 2.05) is 57.2 Å². The van der Waals surface area contributed by atoms with Gasteiger partial charge in [0.1, 0.15) is 18.0 Å². The number of carbonyl (C=O) groups is 1. The fourth-order valence-electron chi connectivity index (χ4n) is 2.70. The van der Waals surface area contributed by atoms with Crippen molar-refractivity contribution in [2.24, 2.45) is 0 Å². The number of ether oxygens (including phenoxy) is 2. The Hall–Kier alpha value is -2.31. The van der Waals surface area contributed by atoms with Crippen LogP contribution in [0.3, 0.4) is 0 Å². The van der Waals surface area contributed by atoms with Gasteiger partial charge >= 0.3 is 6.09 Å². The van der Waals surface area contributed by atoms with Crippen LogP contribution in [0.1, 0.15) is 25.6 Å². The Kier molecular flexibility index (Phi) is 6.34. The molecular formula is C22H25ClN2O3S. The molecular weight excluding hydrogens is 408 g/mol. The largest absolute Gasteiger partial charge is 0.492 e. The highest BCUT2D eigenvalue weighted by molar-refractivity contribution is 7.19. The van der Waals surface area contributed by atoms with Gasteiger partial charge in [0.2, 0.25) is 0 Å². The molecule has 2 heterocycles. The number of hydrogen-bond donors (Lipinski definition) is 0. The van der Waals surface area contributed by atoms with E-state index in [2.05, 4.69) is 6.92 Å². The summed E-state index contributed by atoms with van der Waals surface area (Å²) in [6.45, 7) is 8.39. The Bertz CT molecular complexity index is 1010. The van der Waals surface area contributed by atoms with Crippen LogP contribution in [0, 0.1) is 6.92 Å². The number of fused-ring (bicyclic) bond motifs is 1. The summed E-state index contributed by atoms with van der Waals surface area (Å²) in [7, 11) is 1.69. The van der Waals surface area contributed by atoms with Crippen molar-refractivity contribution in [1.29, 1.82) is 0 Å². The molecule has 0 unspecified atom stereocenters. The van der Waals surface area contributed by atoms with Crippen LogP contribution in [0.5, 0.6) is 5.75 Å². The summed E-state index contributed by atoms with van der Waals surface area (Å²) in [5.74, 6) is 0.727. The number of hydrogen-bond acceptors (Lipinski definition) is 5. The van der Waals surface area contributed by atoms with E-state index in [0.29, 0.717) is 18.2 Å². The molecule has 0 aliphatic rings. The molecule has 0 N–H and O–H groups in total. The maximum absolute atomic E-state index is 12.0. The number of rotatable bonds is 5. The smallest absolute Gasteiger partial charge is 0.410 e. The van der Waals surface area contributed by atoms with Crippen LogP contribution < -0.4 is 4.74 Å². The molecule has 0 aliphatic carbocycles. The fraction of sp³-hybridized carbons (Fsp3) is 0.364. The summed E-state index contributed by atoms with van der Waals surface area (Å²) in [5, 5.41) is 0.716. The van der Waals surface area contributed by atoms with Crippen molar-refractivity contribution in [1.82, 2.24) is 9.88 Å². The molecule has 0 saturated heterocycles. The summed E-state index contributed by atoms with van der Waals surface area (Å²) in [6.07, 6.45) is -0.363. The minimum absolute atomic E-state index is 0.363. The van der Waals surface area contributed by atoms with Crippen molar-refractivity contribution >= 4 is 39.2 Å². The number of likely N-dealkylation sites (N-methyl/N-ethyl adjacent to an activating group) is 1. The molecule has 0 radical (unpaired) electrons. The lowest BCUT2D eigenvalue weighted by Gasteiger charge is -2.24. The quantitative estimate of drug-likeness (QED) is 0.483. The summed E-state index contributed by atoms with van der Waals surface area (Å²) >= 11 is 8.07. The van der Waals surface area contributed by atoms with Gasteiger partial charge in [-0.2, -0.15) is 0 Å². The molecule has 0 saturated carbocycles. The Morgan fingerprint density at radius 3 is 2.55 bits per heavy atom. The fourth-order valence-corrected chi connectivity index (χ4v) is 3.88. The third-order valence-electron chi connectivity index (χ3n) is 4.11. The molecule has 0 spiro atoms. The Morgan fingerprint density at radius 1 is 1.21 bits per heavy atom. The number of pyridine rings is 1. The molecule has 154 valence electrons. The van der Waals surface area contributed by atoms with Crippen LogP contribution in [0.15, 0.2) is 36.4 Å². The van der Waals surface area contributed by atoms with Gasteiger partial charge in [0, 0.05) is 17.5 Å². The van der Waals surface area contributed by atoms with Crippen LogP contribution in [-0.2, 0) is 4.74 Å². The van der Waals surface area contributed by atoms with Gasteiger partial charge in [0.05, 0.1) is 27.5 Å². The standard InChI is InChI=1S/C22H25ClN2O3S/c1-14-12-19-20(29-14)17(23)13-18(24-19)15-6-8-16(9-7-15)27-11-10-25(5)21(26)28-22(2,3)4/h6-9,12-13H,10-11H2,1-5H3. The van der Waals surface area contributed by atoms with Gasteiger partial charge in [-0.05, 0) is 64.1 Å². The van der Waals surface area contributed by atoms with Gasteiger partial charge in [-0.3, -0.25) is 0 Å². The molecule has 0 fully saturated rings. The first kappa shape index (κ1) is 21.4. The zero-order valence-electron chi connectivity index (χ0n) is 17.3. The lowest BCUT2D eigenvalue weighted by molar-refractivity contribution is 0.0278. The summed E-state index contributed by atoms with van der Waals surface area (Å²) in [6, 6.07) is 11.6. The predicted octanol–water partition coefficient (Wildman–Crippen LogP) is 6.17. The Balaban J connectivity index is 1.60. The van der Waals surface area contributed by atoms with Crippen molar-refractivity contribution in [3.05, 3.63) is 46.3 Å².